The highest BCUT2D eigenvalue weighted by molar-refractivity contribution is 5.68. The minimum Gasteiger partial charge on any atom is -0.444 e. The zero-order chi connectivity index (χ0) is 13.9. The van der Waals surface area contributed by atoms with Crippen molar-refractivity contribution in [2.45, 2.75) is 32.9 Å². The van der Waals surface area contributed by atoms with Gasteiger partial charge in [0.1, 0.15) is 5.60 Å². The number of hydrogen-bond donors (Lipinski definition) is 1. The van der Waals surface area contributed by atoms with Gasteiger partial charge in [0.15, 0.2) is 0 Å². The first-order valence-corrected chi connectivity index (χ1v) is 6.61. The summed E-state index contributed by atoms with van der Waals surface area (Å²) in [5.41, 5.74) is 0.676. The van der Waals surface area contributed by atoms with Crippen LogP contribution in [0.5, 0.6) is 0 Å². The Morgan fingerprint density at radius 3 is 2.58 bits per heavy atom. The van der Waals surface area contributed by atoms with E-state index in [0.29, 0.717) is 13.1 Å². The summed E-state index contributed by atoms with van der Waals surface area (Å²) < 4.78 is 5.37. The summed E-state index contributed by atoms with van der Waals surface area (Å²) in [4.78, 5) is 23.1. The van der Waals surface area contributed by atoms with E-state index in [-0.39, 0.29) is 6.09 Å². The molecule has 0 radical (unpaired) electrons. The third kappa shape index (κ3) is 4.24. The first kappa shape index (κ1) is 13.9. The van der Waals surface area contributed by atoms with Crippen molar-refractivity contribution in [1.82, 2.24) is 19.8 Å². The molecule has 1 saturated heterocycles. The molecule has 0 spiro atoms. The fourth-order valence-corrected chi connectivity index (χ4v) is 2.03. The van der Waals surface area contributed by atoms with Gasteiger partial charge < -0.3 is 14.6 Å². The fourth-order valence-electron chi connectivity index (χ4n) is 2.03. The number of aromatic amines is 1. The second-order valence-electron chi connectivity index (χ2n) is 5.82. The minimum absolute atomic E-state index is 0.214. The third-order valence-corrected chi connectivity index (χ3v) is 2.97. The van der Waals surface area contributed by atoms with Gasteiger partial charge in [-0.05, 0) is 20.8 Å². The maximum Gasteiger partial charge on any atom is 0.410 e. The Morgan fingerprint density at radius 1 is 1.37 bits per heavy atom. The lowest BCUT2D eigenvalue weighted by Crippen LogP contribution is -2.49. The molecule has 2 heterocycles. The topological polar surface area (TPSA) is 61.5 Å². The number of rotatable bonds is 2. The molecule has 1 aromatic rings. The largest absolute Gasteiger partial charge is 0.444 e. The molecule has 0 bridgehead atoms. The van der Waals surface area contributed by atoms with E-state index in [2.05, 4.69) is 14.9 Å². The average Bonchev–Trinajstić information content (AvgIpc) is 2.80. The van der Waals surface area contributed by atoms with Gasteiger partial charge in [0.05, 0.1) is 6.33 Å². The molecule has 6 nitrogen and oxygen atoms in total. The summed E-state index contributed by atoms with van der Waals surface area (Å²) in [7, 11) is 0. The molecule has 0 saturated carbocycles. The molecule has 6 heteroatoms. The van der Waals surface area contributed by atoms with Gasteiger partial charge in [-0.15, -0.1) is 0 Å². The van der Waals surface area contributed by atoms with Gasteiger partial charge in [0, 0.05) is 44.6 Å². The second kappa shape index (κ2) is 5.61. The van der Waals surface area contributed by atoms with Crippen molar-refractivity contribution >= 4 is 6.09 Å². The van der Waals surface area contributed by atoms with Crippen molar-refractivity contribution in [3.63, 3.8) is 0 Å². The van der Waals surface area contributed by atoms with Gasteiger partial charge in [-0.25, -0.2) is 9.78 Å². The number of aromatic nitrogens is 2. The van der Waals surface area contributed by atoms with Gasteiger partial charge in [0.2, 0.25) is 0 Å². The predicted octanol–water partition coefficient (Wildman–Crippen LogP) is 1.46. The van der Waals surface area contributed by atoms with E-state index in [0.717, 1.165) is 25.3 Å². The highest BCUT2D eigenvalue weighted by Crippen LogP contribution is 2.12. The molecule has 0 atom stereocenters. The standard InChI is InChI=1S/C13H22N4O2/c1-13(2,3)19-12(18)17-6-4-16(5-7-17)9-11-8-14-10-15-11/h8,10H,4-7,9H2,1-3H3,(H,14,15). The summed E-state index contributed by atoms with van der Waals surface area (Å²) >= 11 is 0. The Morgan fingerprint density at radius 2 is 2.05 bits per heavy atom. The summed E-state index contributed by atoms with van der Waals surface area (Å²) in [5, 5.41) is 0. The highest BCUT2D eigenvalue weighted by Gasteiger charge is 2.25. The molecule has 0 unspecified atom stereocenters. The molecule has 106 valence electrons. The maximum absolute atomic E-state index is 11.9. The van der Waals surface area contributed by atoms with Crippen LogP contribution in [0.2, 0.25) is 0 Å². The Hall–Kier alpha value is -1.56. The van der Waals surface area contributed by atoms with Crippen LogP contribution in [0.3, 0.4) is 0 Å². The van der Waals surface area contributed by atoms with Crippen LogP contribution in [-0.4, -0.2) is 57.6 Å². The van der Waals surface area contributed by atoms with Crippen molar-refractivity contribution < 1.29 is 9.53 Å². The number of carbonyl (C=O) groups is 1. The van der Waals surface area contributed by atoms with Crippen LogP contribution in [0.15, 0.2) is 12.5 Å². The smallest absolute Gasteiger partial charge is 0.410 e. The van der Waals surface area contributed by atoms with Gasteiger partial charge in [-0.2, -0.15) is 0 Å². The monoisotopic (exact) mass is 266 g/mol. The normalized spacial score (nSPS) is 17.5. The van der Waals surface area contributed by atoms with E-state index in [1.54, 1.807) is 11.2 Å². The molecule has 0 aliphatic carbocycles. The summed E-state index contributed by atoms with van der Waals surface area (Å²) in [6.07, 6.45) is 3.31. The van der Waals surface area contributed by atoms with E-state index in [1.807, 2.05) is 27.0 Å². The Kier molecular flexibility index (Phi) is 4.09. The van der Waals surface area contributed by atoms with Crippen molar-refractivity contribution in [2.75, 3.05) is 26.2 Å². The molecule has 1 aromatic heterocycles. The van der Waals surface area contributed by atoms with Crippen LogP contribution < -0.4 is 0 Å². The average molecular weight is 266 g/mol. The Bertz CT molecular complexity index is 403. The van der Waals surface area contributed by atoms with Crippen LogP contribution in [0.1, 0.15) is 26.5 Å². The first-order valence-electron chi connectivity index (χ1n) is 6.61. The summed E-state index contributed by atoms with van der Waals surface area (Å²) in [6, 6.07) is 0. The lowest BCUT2D eigenvalue weighted by molar-refractivity contribution is 0.0138. The molecule has 1 aliphatic heterocycles. The molecule has 2 rings (SSSR count). The number of H-pyrrole nitrogens is 1. The Balaban J connectivity index is 1.77. The maximum atomic E-state index is 11.9. The molecule has 19 heavy (non-hydrogen) atoms. The molecule has 0 aromatic carbocycles. The van der Waals surface area contributed by atoms with Crippen LogP contribution in [0.25, 0.3) is 0 Å². The van der Waals surface area contributed by atoms with Crippen molar-refractivity contribution in [3.8, 4) is 0 Å². The van der Waals surface area contributed by atoms with Gasteiger partial charge in [-0.1, -0.05) is 0 Å². The highest BCUT2D eigenvalue weighted by atomic mass is 16.6. The lowest BCUT2D eigenvalue weighted by atomic mass is 10.2. The van der Waals surface area contributed by atoms with E-state index >= 15 is 0 Å². The zero-order valence-corrected chi connectivity index (χ0v) is 11.8. The van der Waals surface area contributed by atoms with Crippen molar-refractivity contribution in [3.05, 3.63) is 18.2 Å². The van der Waals surface area contributed by atoms with E-state index < -0.39 is 5.60 Å². The number of nitrogens with one attached hydrogen (secondary N) is 1. The predicted molar refractivity (Wildman–Crippen MR) is 71.7 cm³/mol. The van der Waals surface area contributed by atoms with E-state index in [9.17, 15) is 4.79 Å². The number of amides is 1. The first-order chi connectivity index (χ1) is 8.94. The van der Waals surface area contributed by atoms with Crippen LogP contribution >= 0.6 is 0 Å². The van der Waals surface area contributed by atoms with Crippen LogP contribution in [0, 0.1) is 0 Å². The van der Waals surface area contributed by atoms with E-state index in [1.165, 1.54) is 0 Å². The van der Waals surface area contributed by atoms with Gasteiger partial charge in [-0.3, -0.25) is 4.90 Å². The number of ether oxygens (including phenoxy) is 1. The fraction of sp³-hybridized carbons (Fsp3) is 0.692. The van der Waals surface area contributed by atoms with Gasteiger partial charge in [0.25, 0.3) is 0 Å². The number of hydrogen-bond acceptors (Lipinski definition) is 4. The van der Waals surface area contributed by atoms with Crippen molar-refractivity contribution in [2.24, 2.45) is 0 Å². The molecule has 1 amide bonds. The number of carbonyl (C=O) groups excluding carboxylic acids is 1. The molecule has 1 N–H and O–H groups in total. The Labute approximate surface area is 113 Å². The lowest BCUT2D eigenvalue weighted by Gasteiger charge is -2.35. The molecule has 1 fully saturated rings. The molecular weight excluding hydrogens is 244 g/mol. The SMILES string of the molecule is CC(C)(C)OC(=O)N1CCN(Cc2cnc[nH]2)CC1. The van der Waals surface area contributed by atoms with Gasteiger partial charge >= 0.3 is 6.09 Å². The molecular formula is C13H22N4O2. The third-order valence-electron chi connectivity index (χ3n) is 2.97. The summed E-state index contributed by atoms with van der Waals surface area (Å²) in [5.74, 6) is 0. The van der Waals surface area contributed by atoms with Crippen molar-refractivity contribution in [1.29, 1.82) is 0 Å². The quantitative estimate of drug-likeness (QED) is 0.880. The number of nitrogens with zero attached hydrogens (tertiary/aromatic N) is 3. The second-order valence-corrected chi connectivity index (χ2v) is 5.82. The minimum atomic E-state index is -0.426. The summed E-state index contributed by atoms with van der Waals surface area (Å²) in [6.45, 7) is 9.66. The number of imidazole rings is 1. The van der Waals surface area contributed by atoms with Crippen LogP contribution in [0.4, 0.5) is 4.79 Å². The van der Waals surface area contributed by atoms with Crippen LogP contribution in [-0.2, 0) is 11.3 Å². The van der Waals surface area contributed by atoms with E-state index in [4.69, 9.17) is 4.74 Å². The zero-order valence-electron chi connectivity index (χ0n) is 11.8. The number of piperazine rings is 1. The molecule has 1 aliphatic rings.